The highest BCUT2D eigenvalue weighted by molar-refractivity contribution is 5.62. The molecule has 0 radical (unpaired) electrons. The Morgan fingerprint density at radius 2 is 1.83 bits per heavy atom. The van der Waals surface area contributed by atoms with Crippen LogP contribution in [0.15, 0.2) is 73.2 Å². The van der Waals surface area contributed by atoms with Gasteiger partial charge in [-0.3, -0.25) is 15.1 Å². The van der Waals surface area contributed by atoms with E-state index in [2.05, 4.69) is 9.97 Å². The second kappa shape index (κ2) is 6.87. The molecule has 1 atom stereocenters. The lowest BCUT2D eigenvalue weighted by atomic mass is 10.1. The summed E-state index contributed by atoms with van der Waals surface area (Å²) in [6.07, 6.45) is 4.82. The van der Waals surface area contributed by atoms with Crippen LogP contribution >= 0.6 is 0 Å². The zero-order chi connectivity index (χ0) is 16.9. The van der Waals surface area contributed by atoms with E-state index < -0.39 is 4.92 Å². The first kappa shape index (κ1) is 15.6. The summed E-state index contributed by atoms with van der Waals surface area (Å²) in [6, 6.07) is 16.8. The minimum absolute atomic E-state index is 0.0270. The van der Waals surface area contributed by atoms with E-state index in [9.17, 15) is 10.1 Å². The molecule has 0 bridgehead atoms. The molecule has 2 heterocycles. The summed E-state index contributed by atoms with van der Waals surface area (Å²) < 4.78 is 0. The minimum atomic E-state index is -0.450. The zero-order valence-electron chi connectivity index (χ0n) is 13.1. The van der Waals surface area contributed by atoms with Gasteiger partial charge in [-0.1, -0.05) is 24.3 Å². The van der Waals surface area contributed by atoms with Gasteiger partial charge in [0.15, 0.2) is 0 Å². The van der Waals surface area contributed by atoms with Crippen molar-refractivity contribution in [2.75, 3.05) is 4.90 Å². The maximum absolute atomic E-state index is 10.9. The van der Waals surface area contributed by atoms with Crippen molar-refractivity contribution in [1.82, 2.24) is 9.97 Å². The fourth-order valence-electron chi connectivity index (χ4n) is 2.54. The summed E-state index contributed by atoms with van der Waals surface area (Å²) in [5.74, 6) is 0.642. The standard InChI is InChI=1S/C18H16N4O2/c1-14(15-6-5-11-19-12-15)21(16-7-3-2-4-8-16)18-10-9-17(13-20-18)22(23)24/h2-14H,1H3. The molecule has 1 unspecified atom stereocenters. The Balaban J connectivity index is 2.04. The van der Waals surface area contributed by atoms with E-state index in [1.165, 1.54) is 12.3 Å². The topological polar surface area (TPSA) is 72.2 Å². The highest BCUT2D eigenvalue weighted by atomic mass is 16.6. The number of anilines is 2. The number of nitro groups is 1. The van der Waals surface area contributed by atoms with Crippen molar-refractivity contribution in [3.8, 4) is 0 Å². The van der Waals surface area contributed by atoms with Gasteiger partial charge in [-0.15, -0.1) is 0 Å². The molecule has 3 aromatic rings. The van der Waals surface area contributed by atoms with Crippen LogP contribution in [0.25, 0.3) is 0 Å². The molecule has 1 aromatic carbocycles. The summed E-state index contributed by atoms with van der Waals surface area (Å²) in [7, 11) is 0. The fraction of sp³-hybridized carbons (Fsp3) is 0.111. The van der Waals surface area contributed by atoms with Gasteiger partial charge in [0.25, 0.3) is 5.69 Å². The number of benzene rings is 1. The third-order valence-electron chi connectivity index (χ3n) is 3.78. The molecule has 3 rings (SSSR count). The predicted octanol–water partition coefficient (Wildman–Crippen LogP) is 4.28. The highest BCUT2D eigenvalue weighted by Gasteiger charge is 2.20. The van der Waals surface area contributed by atoms with Crippen LogP contribution in [0.2, 0.25) is 0 Å². The average molecular weight is 320 g/mol. The summed E-state index contributed by atoms with van der Waals surface area (Å²) in [4.78, 5) is 20.9. The Labute approximate surface area is 139 Å². The Morgan fingerprint density at radius 3 is 2.42 bits per heavy atom. The lowest BCUT2D eigenvalue weighted by Crippen LogP contribution is -2.22. The Kier molecular flexibility index (Phi) is 4.47. The van der Waals surface area contributed by atoms with Crippen LogP contribution in [0.5, 0.6) is 0 Å². The number of para-hydroxylation sites is 1. The van der Waals surface area contributed by atoms with Crippen LogP contribution in [0.3, 0.4) is 0 Å². The highest BCUT2D eigenvalue weighted by Crippen LogP contribution is 2.33. The molecule has 0 aliphatic heterocycles. The van der Waals surface area contributed by atoms with E-state index >= 15 is 0 Å². The van der Waals surface area contributed by atoms with Crippen molar-refractivity contribution in [2.45, 2.75) is 13.0 Å². The summed E-state index contributed by atoms with van der Waals surface area (Å²) >= 11 is 0. The number of aromatic nitrogens is 2. The Morgan fingerprint density at radius 1 is 1.04 bits per heavy atom. The lowest BCUT2D eigenvalue weighted by Gasteiger charge is -2.30. The van der Waals surface area contributed by atoms with Crippen molar-refractivity contribution in [1.29, 1.82) is 0 Å². The van der Waals surface area contributed by atoms with E-state index in [-0.39, 0.29) is 11.7 Å². The molecule has 0 amide bonds. The van der Waals surface area contributed by atoms with Crippen LogP contribution in [-0.2, 0) is 0 Å². The van der Waals surface area contributed by atoms with Gasteiger partial charge < -0.3 is 4.90 Å². The van der Waals surface area contributed by atoms with E-state index in [4.69, 9.17) is 0 Å². The molecule has 0 fully saturated rings. The number of rotatable bonds is 5. The average Bonchev–Trinajstić information content (AvgIpc) is 2.64. The van der Waals surface area contributed by atoms with Crippen molar-refractivity contribution < 1.29 is 4.92 Å². The number of hydrogen-bond donors (Lipinski definition) is 0. The second-order valence-corrected chi connectivity index (χ2v) is 5.30. The molecule has 0 aliphatic carbocycles. The molecular formula is C18H16N4O2. The first-order valence-corrected chi connectivity index (χ1v) is 7.51. The lowest BCUT2D eigenvalue weighted by molar-refractivity contribution is -0.385. The molecule has 120 valence electrons. The quantitative estimate of drug-likeness (QED) is 0.518. The molecule has 0 saturated heterocycles. The molecule has 24 heavy (non-hydrogen) atoms. The predicted molar refractivity (Wildman–Crippen MR) is 92.1 cm³/mol. The molecule has 6 heteroatoms. The number of hydrogen-bond acceptors (Lipinski definition) is 5. The molecule has 2 aromatic heterocycles. The van der Waals surface area contributed by atoms with Crippen molar-refractivity contribution in [3.63, 3.8) is 0 Å². The van der Waals surface area contributed by atoms with Crippen molar-refractivity contribution in [2.24, 2.45) is 0 Å². The van der Waals surface area contributed by atoms with Crippen LogP contribution in [0.4, 0.5) is 17.2 Å². The first-order chi connectivity index (χ1) is 11.7. The summed E-state index contributed by atoms with van der Waals surface area (Å²) in [5, 5.41) is 10.9. The molecule has 6 nitrogen and oxygen atoms in total. The summed E-state index contributed by atoms with van der Waals surface area (Å²) in [6.45, 7) is 2.05. The largest absolute Gasteiger partial charge is 0.319 e. The monoisotopic (exact) mass is 320 g/mol. The summed E-state index contributed by atoms with van der Waals surface area (Å²) in [5.41, 5.74) is 1.96. The van der Waals surface area contributed by atoms with Gasteiger partial charge in [-0.25, -0.2) is 4.98 Å². The van der Waals surface area contributed by atoms with Crippen LogP contribution in [0.1, 0.15) is 18.5 Å². The minimum Gasteiger partial charge on any atom is -0.319 e. The molecule has 0 spiro atoms. The van der Waals surface area contributed by atoms with Gasteiger partial charge in [0.1, 0.15) is 12.0 Å². The maximum Gasteiger partial charge on any atom is 0.287 e. The molecular weight excluding hydrogens is 304 g/mol. The molecule has 0 aliphatic rings. The van der Waals surface area contributed by atoms with Gasteiger partial charge in [0, 0.05) is 24.1 Å². The Bertz CT molecular complexity index is 807. The van der Waals surface area contributed by atoms with Crippen LogP contribution in [-0.4, -0.2) is 14.9 Å². The van der Waals surface area contributed by atoms with Gasteiger partial charge in [-0.2, -0.15) is 0 Å². The van der Waals surface area contributed by atoms with Gasteiger partial charge in [0.05, 0.1) is 11.0 Å². The van der Waals surface area contributed by atoms with Crippen LogP contribution in [0, 0.1) is 10.1 Å². The molecule has 0 N–H and O–H groups in total. The maximum atomic E-state index is 10.9. The SMILES string of the molecule is CC(c1cccnc1)N(c1ccccc1)c1ccc([N+](=O)[O-])cn1. The van der Waals surface area contributed by atoms with Crippen LogP contribution < -0.4 is 4.90 Å². The molecule has 0 saturated carbocycles. The van der Waals surface area contributed by atoms with Gasteiger partial charge >= 0.3 is 0 Å². The first-order valence-electron chi connectivity index (χ1n) is 7.51. The zero-order valence-corrected chi connectivity index (χ0v) is 13.1. The Hall–Kier alpha value is -3.28. The number of pyridine rings is 2. The van der Waals surface area contributed by atoms with Gasteiger partial charge in [-0.05, 0) is 36.8 Å². The smallest absolute Gasteiger partial charge is 0.287 e. The van der Waals surface area contributed by atoms with E-state index in [0.29, 0.717) is 5.82 Å². The van der Waals surface area contributed by atoms with Gasteiger partial charge in [0.2, 0.25) is 0 Å². The third kappa shape index (κ3) is 3.22. The second-order valence-electron chi connectivity index (χ2n) is 5.30. The van der Waals surface area contributed by atoms with E-state index in [1.54, 1.807) is 12.3 Å². The normalized spacial score (nSPS) is 11.7. The third-order valence-corrected chi connectivity index (χ3v) is 3.78. The van der Waals surface area contributed by atoms with Crippen molar-refractivity contribution >= 4 is 17.2 Å². The van der Waals surface area contributed by atoms with E-state index in [1.807, 2.05) is 60.5 Å². The number of nitrogens with zero attached hydrogens (tertiary/aromatic N) is 4. The van der Waals surface area contributed by atoms with Crippen molar-refractivity contribution in [3.05, 3.63) is 88.9 Å². The fourth-order valence-corrected chi connectivity index (χ4v) is 2.54. The van der Waals surface area contributed by atoms with E-state index in [0.717, 1.165) is 11.3 Å².